The molecule has 2 aliphatic carbocycles. The third-order valence-electron chi connectivity index (χ3n) is 7.48. The Bertz CT molecular complexity index is 1100. The molecule has 0 saturated heterocycles. The van der Waals surface area contributed by atoms with Crippen molar-refractivity contribution in [2.75, 3.05) is 0 Å². The molecule has 1 aromatic heterocycles. The third-order valence-corrected chi connectivity index (χ3v) is 7.48. The van der Waals surface area contributed by atoms with Crippen molar-refractivity contribution >= 4 is 5.97 Å². The number of imidazole rings is 1. The summed E-state index contributed by atoms with van der Waals surface area (Å²) in [5.74, 6) is 0.714. The van der Waals surface area contributed by atoms with E-state index in [0.29, 0.717) is 6.61 Å². The molecule has 2 aliphatic rings. The number of carbonyl (C=O) groups is 1. The van der Waals surface area contributed by atoms with Crippen LogP contribution in [0.25, 0.3) is 0 Å². The number of nitrogens with zero attached hydrogens (tertiary/aromatic N) is 2. The zero-order valence-electron chi connectivity index (χ0n) is 20.5. The second-order valence-corrected chi connectivity index (χ2v) is 10.9. The summed E-state index contributed by atoms with van der Waals surface area (Å²) in [7, 11) is 1.91. The number of aliphatic carboxylic acids is 1. The Balaban J connectivity index is 1.48. The molecular formula is C28H36N2O3. The van der Waals surface area contributed by atoms with Crippen LogP contribution in [-0.4, -0.2) is 20.6 Å². The summed E-state index contributed by atoms with van der Waals surface area (Å²) >= 11 is 0. The number of ether oxygens (including phenoxy) is 1. The fourth-order valence-electron chi connectivity index (χ4n) is 5.22. The number of hydrogen-bond donors (Lipinski definition) is 1. The van der Waals surface area contributed by atoms with Crippen molar-refractivity contribution < 1.29 is 14.6 Å². The number of aryl methyl sites for hydroxylation is 1. The van der Waals surface area contributed by atoms with Gasteiger partial charge >= 0.3 is 5.97 Å². The van der Waals surface area contributed by atoms with Gasteiger partial charge in [0.1, 0.15) is 12.4 Å². The maximum Gasteiger partial charge on any atom is 0.304 e. The molecule has 0 saturated carbocycles. The quantitative estimate of drug-likeness (QED) is 0.552. The Morgan fingerprint density at radius 2 is 1.85 bits per heavy atom. The Hall–Kier alpha value is -2.82. The van der Waals surface area contributed by atoms with Crippen LogP contribution in [0, 0.1) is 0 Å². The van der Waals surface area contributed by atoms with E-state index >= 15 is 0 Å². The normalized spacial score (nSPS) is 19.8. The highest BCUT2D eigenvalue weighted by Gasteiger charge is 2.37. The van der Waals surface area contributed by atoms with Crippen LogP contribution in [0.5, 0.6) is 0 Å². The molecule has 0 fully saturated rings. The molecule has 0 unspecified atom stereocenters. The fraction of sp³-hybridized carbons (Fsp3) is 0.500. The number of carboxylic acid groups (broad SMARTS) is 1. The Morgan fingerprint density at radius 1 is 1.12 bits per heavy atom. The maximum atomic E-state index is 11.5. The molecule has 5 heteroatoms. The second kappa shape index (κ2) is 8.85. The Labute approximate surface area is 197 Å². The first kappa shape index (κ1) is 23.3. The highest BCUT2D eigenvalue weighted by atomic mass is 16.5. The van der Waals surface area contributed by atoms with Crippen molar-refractivity contribution in [3.63, 3.8) is 0 Å². The molecular weight excluding hydrogens is 412 g/mol. The molecule has 4 rings (SSSR count). The zero-order valence-corrected chi connectivity index (χ0v) is 20.5. The lowest BCUT2D eigenvalue weighted by Crippen LogP contribution is -2.33. The molecule has 1 atom stereocenters. The van der Waals surface area contributed by atoms with E-state index < -0.39 is 5.97 Å². The van der Waals surface area contributed by atoms with Gasteiger partial charge in [-0.15, -0.1) is 0 Å². The predicted octanol–water partition coefficient (Wildman–Crippen LogP) is 6.15. The molecule has 0 bridgehead atoms. The van der Waals surface area contributed by atoms with Gasteiger partial charge in [-0.25, -0.2) is 4.98 Å². The van der Waals surface area contributed by atoms with Gasteiger partial charge in [0.25, 0.3) is 0 Å². The van der Waals surface area contributed by atoms with E-state index in [2.05, 4.69) is 50.9 Å². The van der Waals surface area contributed by atoms with E-state index in [9.17, 15) is 9.90 Å². The molecule has 176 valence electrons. The van der Waals surface area contributed by atoms with Crippen molar-refractivity contribution in [1.29, 1.82) is 0 Å². The smallest absolute Gasteiger partial charge is 0.304 e. The average Bonchev–Trinajstić information content (AvgIpc) is 3.20. The second-order valence-electron chi connectivity index (χ2n) is 10.9. The monoisotopic (exact) mass is 448 g/mol. The molecule has 1 aromatic carbocycles. The van der Waals surface area contributed by atoms with Gasteiger partial charge < -0.3 is 14.4 Å². The predicted molar refractivity (Wildman–Crippen MR) is 130 cm³/mol. The van der Waals surface area contributed by atoms with Gasteiger partial charge in [-0.2, -0.15) is 0 Å². The van der Waals surface area contributed by atoms with Crippen LogP contribution in [0.1, 0.15) is 88.2 Å². The number of benzene rings is 1. The number of rotatable bonds is 7. The maximum absolute atomic E-state index is 11.5. The van der Waals surface area contributed by atoms with E-state index in [1.165, 1.54) is 29.5 Å². The van der Waals surface area contributed by atoms with Crippen molar-refractivity contribution in [3.8, 4) is 0 Å². The molecule has 0 aliphatic heterocycles. The largest absolute Gasteiger partial charge is 0.493 e. The molecule has 1 N–H and O–H groups in total. The van der Waals surface area contributed by atoms with Crippen LogP contribution in [0.3, 0.4) is 0 Å². The highest BCUT2D eigenvalue weighted by molar-refractivity contribution is 5.68. The number of carboxylic acids is 1. The van der Waals surface area contributed by atoms with Gasteiger partial charge in [-0.3, -0.25) is 4.79 Å². The summed E-state index contributed by atoms with van der Waals surface area (Å²) in [6.45, 7) is 9.93. The lowest BCUT2D eigenvalue weighted by atomic mass is 9.63. The topological polar surface area (TPSA) is 64.4 Å². The standard InChI is InChI=1S/C28H36N2O3/c1-27(2)12-13-28(3,4)24-16-19(6-11-23(24)27)18-33-21-9-7-20(8-10-21)22(17-25(31)32)26-29-14-15-30(26)5/h6-7,9,11,14-16,22H,8,10,12-13,17-18H2,1-5H3,(H,31,32)/t22-/m0/s1. The molecule has 1 heterocycles. The van der Waals surface area contributed by atoms with Gasteiger partial charge in [-0.1, -0.05) is 57.5 Å². The molecule has 0 amide bonds. The minimum atomic E-state index is -0.812. The van der Waals surface area contributed by atoms with Gasteiger partial charge in [0.05, 0.1) is 12.2 Å². The Kier molecular flexibility index (Phi) is 6.26. The van der Waals surface area contributed by atoms with Crippen LogP contribution in [0.15, 0.2) is 54.1 Å². The summed E-state index contributed by atoms with van der Waals surface area (Å²) < 4.78 is 8.09. The van der Waals surface area contributed by atoms with Crippen LogP contribution in [0.2, 0.25) is 0 Å². The average molecular weight is 449 g/mol. The van der Waals surface area contributed by atoms with Crippen LogP contribution in [0.4, 0.5) is 0 Å². The lowest BCUT2D eigenvalue weighted by molar-refractivity contribution is -0.137. The van der Waals surface area contributed by atoms with Crippen LogP contribution < -0.4 is 0 Å². The van der Waals surface area contributed by atoms with Gasteiger partial charge in [0.15, 0.2) is 0 Å². The minimum Gasteiger partial charge on any atom is -0.493 e. The first-order valence-electron chi connectivity index (χ1n) is 11.9. The number of hydrogen-bond acceptors (Lipinski definition) is 3. The van der Waals surface area contributed by atoms with E-state index in [4.69, 9.17) is 4.74 Å². The van der Waals surface area contributed by atoms with E-state index in [1.807, 2.05) is 30.0 Å². The van der Waals surface area contributed by atoms with E-state index in [-0.39, 0.29) is 23.2 Å². The van der Waals surface area contributed by atoms with Gasteiger partial charge in [-0.05, 0) is 52.9 Å². The first-order valence-corrected chi connectivity index (χ1v) is 11.9. The van der Waals surface area contributed by atoms with Crippen molar-refractivity contribution in [1.82, 2.24) is 9.55 Å². The van der Waals surface area contributed by atoms with Crippen LogP contribution >= 0.6 is 0 Å². The van der Waals surface area contributed by atoms with E-state index in [1.54, 1.807) is 6.20 Å². The van der Waals surface area contributed by atoms with Crippen molar-refractivity contribution in [2.45, 2.75) is 83.2 Å². The van der Waals surface area contributed by atoms with Crippen molar-refractivity contribution in [3.05, 3.63) is 76.6 Å². The van der Waals surface area contributed by atoms with E-state index in [0.717, 1.165) is 30.0 Å². The Morgan fingerprint density at radius 3 is 2.45 bits per heavy atom. The molecule has 0 spiro atoms. The highest BCUT2D eigenvalue weighted by Crippen LogP contribution is 2.46. The van der Waals surface area contributed by atoms with Crippen molar-refractivity contribution in [2.24, 2.45) is 7.05 Å². The van der Waals surface area contributed by atoms with Crippen LogP contribution in [-0.2, 0) is 34.0 Å². The third kappa shape index (κ3) is 4.92. The molecule has 33 heavy (non-hydrogen) atoms. The number of allylic oxidation sites excluding steroid dienone is 4. The zero-order chi connectivity index (χ0) is 23.8. The molecule has 5 nitrogen and oxygen atoms in total. The molecule has 2 aromatic rings. The summed E-state index contributed by atoms with van der Waals surface area (Å²) in [6, 6.07) is 6.84. The number of aromatic nitrogens is 2. The summed E-state index contributed by atoms with van der Waals surface area (Å²) in [5.41, 5.74) is 5.62. The summed E-state index contributed by atoms with van der Waals surface area (Å²) in [6.07, 6.45) is 11.6. The minimum absolute atomic E-state index is 0.0436. The SMILES string of the molecule is Cn1ccnc1[C@@H](CC(=O)O)C1=CC=C(OCc2ccc3c(c2)C(C)(C)CCC3(C)C)CC1. The fourth-order valence-corrected chi connectivity index (χ4v) is 5.22. The molecule has 0 radical (unpaired) electrons. The summed E-state index contributed by atoms with van der Waals surface area (Å²) in [4.78, 5) is 15.9. The number of fused-ring (bicyclic) bond motifs is 1. The first-order chi connectivity index (χ1) is 15.6. The lowest BCUT2D eigenvalue weighted by Gasteiger charge is -2.42. The van der Waals surface area contributed by atoms with Gasteiger partial charge in [0.2, 0.25) is 0 Å². The van der Waals surface area contributed by atoms with Gasteiger partial charge in [0, 0.05) is 31.8 Å². The summed E-state index contributed by atoms with van der Waals surface area (Å²) in [5, 5.41) is 9.42.